The zero-order valence-electron chi connectivity index (χ0n) is 15.4. The third kappa shape index (κ3) is 4.14. The molecule has 1 amide bonds. The van der Waals surface area contributed by atoms with Crippen molar-refractivity contribution >= 4 is 34.2 Å². The van der Waals surface area contributed by atoms with Crippen LogP contribution in [0.1, 0.15) is 26.3 Å². The Morgan fingerprint density at radius 1 is 1.15 bits per heavy atom. The van der Waals surface area contributed by atoms with Gasteiger partial charge in [0.05, 0.1) is 5.69 Å². The molecular formula is C21H21ClN2O3. The van der Waals surface area contributed by atoms with Gasteiger partial charge in [0, 0.05) is 22.5 Å². The number of hydrogen-bond acceptors (Lipinski definition) is 3. The summed E-state index contributed by atoms with van der Waals surface area (Å²) < 4.78 is 5.99. The quantitative estimate of drug-likeness (QED) is 0.581. The summed E-state index contributed by atoms with van der Waals surface area (Å²) in [5, 5.41) is 11.8. The van der Waals surface area contributed by atoms with Crippen molar-refractivity contribution in [1.82, 2.24) is 4.98 Å². The molecule has 0 unspecified atom stereocenters. The summed E-state index contributed by atoms with van der Waals surface area (Å²) in [6.07, 6.45) is 0.642. The second kappa shape index (κ2) is 7.45. The van der Waals surface area contributed by atoms with Gasteiger partial charge in [-0.15, -0.1) is 0 Å². The van der Waals surface area contributed by atoms with E-state index in [1.54, 1.807) is 18.3 Å². The van der Waals surface area contributed by atoms with Gasteiger partial charge in [-0.1, -0.05) is 35.9 Å². The van der Waals surface area contributed by atoms with Crippen molar-refractivity contribution in [1.29, 1.82) is 0 Å². The fourth-order valence-electron chi connectivity index (χ4n) is 3.02. The summed E-state index contributed by atoms with van der Waals surface area (Å²) in [4.78, 5) is 17.2. The van der Waals surface area contributed by atoms with Crippen molar-refractivity contribution < 1.29 is 14.6 Å². The summed E-state index contributed by atoms with van der Waals surface area (Å²) in [5.41, 5.74) is 0.958. The lowest BCUT2D eigenvalue weighted by Crippen LogP contribution is -2.45. The van der Waals surface area contributed by atoms with Crippen LogP contribution in [0.2, 0.25) is 5.15 Å². The summed E-state index contributed by atoms with van der Waals surface area (Å²) >= 11 is 5.92. The number of carboxylic acid groups (broad SMARTS) is 1. The first kappa shape index (κ1) is 19.0. The minimum atomic E-state index is -0.993. The van der Waals surface area contributed by atoms with Crippen LogP contribution in [0.4, 0.5) is 10.5 Å². The smallest absolute Gasteiger partial charge is 0.412 e. The van der Waals surface area contributed by atoms with E-state index >= 15 is 0 Å². The van der Waals surface area contributed by atoms with E-state index in [2.05, 4.69) is 4.98 Å². The molecule has 0 atom stereocenters. The Morgan fingerprint density at radius 2 is 1.85 bits per heavy atom. The molecule has 0 aliphatic heterocycles. The number of fused-ring (bicyclic) bond motifs is 1. The highest BCUT2D eigenvalue weighted by Gasteiger charge is 2.29. The van der Waals surface area contributed by atoms with E-state index < -0.39 is 11.6 Å². The summed E-state index contributed by atoms with van der Waals surface area (Å²) in [6, 6.07) is 14.8. The molecule has 0 spiro atoms. The van der Waals surface area contributed by atoms with Gasteiger partial charge in [-0.25, -0.2) is 9.78 Å². The fourth-order valence-corrected chi connectivity index (χ4v) is 3.22. The summed E-state index contributed by atoms with van der Waals surface area (Å²) in [7, 11) is 0. The van der Waals surface area contributed by atoms with E-state index in [9.17, 15) is 9.90 Å². The first-order chi connectivity index (χ1) is 12.8. The minimum Gasteiger partial charge on any atom is -0.488 e. The first-order valence-electron chi connectivity index (χ1n) is 8.55. The molecule has 1 heterocycles. The Morgan fingerprint density at radius 3 is 2.48 bits per heavy atom. The zero-order valence-corrected chi connectivity index (χ0v) is 16.2. The predicted octanol–water partition coefficient (Wildman–Crippen LogP) is 5.75. The van der Waals surface area contributed by atoms with Crippen LogP contribution in [0, 0.1) is 0 Å². The zero-order chi connectivity index (χ0) is 19.6. The van der Waals surface area contributed by atoms with Gasteiger partial charge in [0.25, 0.3) is 0 Å². The van der Waals surface area contributed by atoms with E-state index in [-0.39, 0.29) is 0 Å². The number of halogens is 1. The maximum Gasteiger partial charge on any atom is 0.412 e. The molecule has 3 aromatic rings. The van der Waals surface area contributed by atoms with E-state index in [1.807, 2.05) is 57.2 Å². The molecule has 27 heavy (non-hydrogen) atoms. The van der Waals surface area contributed by atoms with Crippen LogP contribution >= 0.6 is 11.6 Å². The second-order valence-electron chi connectivity index (χ2n) is 7.19. The lowest BCUT2D eigenvalue weighted by molar-refractivity contribution is 0.195. The van der Waals surface area contributed by atoms with Crippen LogP contribution in [0.3, 0.4) is 0 Å². The Hall–Kier alpha value is -2.79. The van der Waals surface area contributed by atoms with Gasteiger partial charge in [-0.2, -0.15) is 0 Å². The number of rotatable bonds is 4. The number of benzene rings is 2. The first-order valence-corrected chi connectivity index (χ1v) is 8.93. The van der Waals surface area contributed by atoms with Gasteiger partial charge in [0.1, 0.15) is 17.5 Å². The van der Waals surface area contributed by atoms with Gasteiger partial charge in [-0.3, -0.25) is 4.90 Å². The standard InChI is InChI=1S/C21H21ClN2O3/c1-21(2,3)24(20(25)26)17-8-9-18(16-7-5-4-6-15(16)17)27-13-14-10-11-23-19(22)12-14/h4-12H,13H2,1-3H3,(H,25,26). The maximum atomic E-state index is 11.9. The Kier molecular flexibility index (Phi) is 5.24. The van der Waals surface area contributed by atoms with Crippen molar-refractivity contribution in [2.45, 2.75) is 32.9 Å². The van der Waals surface area contributed by atoms with Crippen LogP contribution in [0.5, 0.6) is 5.75 Å². The van der Waals surface area contributed by atoms with Crippen molar-refractivity contribution in [3.63, 3.8) is 0 Å². The molecule has 3 rings (SSSR count). The van der Waals surface area contributed by atoms with Crippen LogP contribution in [-0.2, 0) is 6.61 Å². The molecule has 0 bridgehead atoms. The molecule has 0 aliphatic carbocycles. The van der Waals surface area contributed by atoms with Gasteiger partial charge in [0.2, 0.25) is 0 Å². The Labute approximate surface area is 163 Å². The summed E-state index contributed by atoms with van der Waals surface area (Å²) in [6.45, 7) is 5.95. The Balaban J connectivity index is 2.01. The van der Waals surface area contributed by atoms with Gasteiger partial charge < -0.3 is 9.84 Å². The molecule has 2 aromatic carbocycles. The van der Waals surface area contributed by atoms with E-state index in [4.69, 9.17) is 16.3 Å². The molecule has 0 aliphatic rings. The highest BCUT2D eigenvalue weighted by Crippen LogP contribution is 2.36. The number of pyridine rings is 1. The molecule has 0 saturated carbocycles. The second-order valence-corrected chi connectivity index (χ2v) is 7.58. The number of carbonyl (C=O) groups is 1. The van der Waals surface area contributed by atoms with Gasteiger partial charge >= 0.3 is 6.09 Å². The minimum absolute atomic E-state index is 0.341. The lowest BCUT2D eigenvalue weighted by Gasteiger charge is -2.34. The number of anilines is 1. The van der Waals surface area contributed by atoms with Crippen molar-refractivity contribution in [3.05, 3.63) is 65.4 Å². The third-order valence-corrected chi connectivity index (χ3v) is 4.36. The van der Waals surface area contributed by atoms with Crippen LogP contribution < -0.4 is 9.64 Å². The average Bonchev–Trinajstić information content (AvgIpc) is 2.59. The lowest BCUT2D eigenvalue weighted by atomic mass is 10.0. The van der Waals surface area contributed by atoms with Crippen molar-refractivity contribution in [3.8, 4) is 5.75 Å². The molecule has 1 N–H and O–H groups in total. The van der Waals surface area contributed by atoms with Crippen LogP contribution in [-0.4, -0.2) is 21.7 Å². The van der Waals surface area contributed by atoms with Crippen LogP contribution in [0.15, 0.2) is 54.7 Å². The van der Waals surface area contributed by atoms with Gasteiger partial charge in [0.15, 0.2) is 0 Å². The highest BCUT2D eigenvalue weighted by molar-refractivity contribution is 6.29. The third-order valence-electron chi connectivity index (χ3n) is 4.15. The highest BCUT2D eigenvalue weighted by atomic mass is 35.5. The molecule has 0 saturated heterocycles. The molecule has 0 radical (unpaired) electrons. The molecule has 5 nitrogen and oxygen atoms in total. The summed E-state index contributed by atoms with van der Waals surface area (Å²) in [5.74, 6) is 0.682. The molecule has 0 fully saturated rings. The average molecular weight is 385 g/mol. The number of aromatic nitrogens is 1. The van der Waals surface area contributed by atoms with E-state index in [0.29, 0.717) is 23.2 Å². The monoisotopic (exact) mass is 384 g/mol. The maximum absolute atomic E-state index is 11.9. The van der Waals surface area contributed by atoms with E-state index in [1.165, 1.54) is 4.90 Å². The number of hydrogen-bond donors (Lipinski definition) is 1. The van der Waals surface area contributed by atoms with Crippen LogP contribution in [0.25, 0.3) is 10.8 Å². The van der Waals surface area contributed by atoms with Crippen molar-refractivity contribution in [2.24, 2.45) is 0 Å². The molecule has 1 aromatic heterocycles. The normalized spacial score (nSPS) is 11.4. The predicted molar refractivity (Wildman–Crippen MR) is 108 cm³/mol. The molecular weight excluding hydrogens is 364 g/mol. The molecule has 6 heteroatoms. The Bertz CT molecular complexity index is 983. The number of ether oxygens (including phenoxy) is 1. The number of nitrogens with zero attached hydrogens (tertiary/aromatic N) is 2. The van der Waals surface area contributed by atoms with Gasteiger partial charge in [-0.05, 0) is 50.6 Å². The van der Waals surface area contributed by atoms with E-state index in [0.717, 1.165) is 16.3 Å². The fraction of sp³-hybridized carbons (Fsp3) is 0.238. The molecule has 140 valence electrons. The SMILES string of the molecule is CC(C)(C)N(C(=O)O)c1ccc(OCc2ccnc(Cl)c2)c2ccccc12. The largest absolute Gasteiger partial charge is 0.488 e. The van der Waals surface area contributed by atoms with Crippen molar-refractivity contribution in [2.75, 3.05) is 4.90 Å². The topological polar surface area (TPSA) is 62.7 Å². The number of amides is 1.